The van der Waals surface area contributed by atoms with E-state index in [9.17, 15) is 4.79 Å². The van der Waals surface area contributed by atoms with E-state index in [1.165, 1.54) is 6.08 Å². The molecule has 2 rings (SSSR count). The topological polar surface area (TPSA) is 96.8 Å². The number of methoxy groups -OCH3 is 2. The molecule has 0 spiro atoms. The van der Waals surface area contributed by atoms with E-state index >= 15 is 0 Å². The summed E-state index contributed by atoms with van der Waals surface area (Å²) < 4.78 is 15.5. The molecule has 0 aliphatic rings. The maximum Gasteiger partial charge on any atom is 0.331 e. The Labute approximate surface area is 140 Å². The first-order valence-electron chi connectivity index (χ1n) is 7.23. The van der Waals surface area contributed by atoms with Crippen molar-refractivity contribution in [1.29, 1.82) is 0 Å². The van der Waals surface area contributed by atoms with Crippen molar-refractivity contribution in [2.45, 2.75) is 6.61 Å². The van der Waals surface area contributed by atoms with E-state index in [4.69, 9.17) is 25.7 Å². The smallest absolute Gasteiger partial charge is 0.331 e. The van der Waals surface area contributed by atoms with E-state index in [1.807, 2.05) is 6.07 Å². The van der Waals surface area contributed by atoms with Crippen molar-refractivity contribution in [3.05, 3.63) is 53.6 Å². The molecule has 6 nitrogen and oxygen atoms in total. The average Bonchev–Trinajstić information content (AvgIpc) is 2.57. The Hall–Kier alpha value is -3.15. The van der Waals surface area contributed by atoms with Crippen LogP contribution in [0.25, 0.3) is 6.08 Å². The monoisotopic (exact) mass is 328 g/mol. The van der Waals surface area contributed by atoms with Crippen LogP contribution in [0.4, 0.5) is 11.4 Å². The minimum Gasteiger partial charge on any atom is -0.493 e. The lowest BCUT2D eigenvalue weighted by atomic mass is 10.2. The summed E-state index contributed by atoms with van der Waals surface area (Å²) in [6.45, 7) is 0.102. The molecular weight excluding hydrogens is 308 g/mol. The summed E-state index contributed by atoms with van der Waals surface area (Å²) in [7, 11) is 3.12. The van der Waals surface area contributed by atoms with Gasteiger partial charge in [-0.05, 0) is 47.5 Å². The van der Waals surface area contributed by atoms with Crippen molar-refractivity contribution in [3.8, 4) is 11.5 Å². The average molecular weight is 328 g/mol. The molecule has 0 aliphatic heterocycles. The van der Waals surface area contributed by atoms with Gasteiger partial charge >= 0.3 is 5.97 Å². The number of ether oxygens (including phenoxy) is 3. The number of hydrogen-bond donors (Lipinski definition) is 2. The number of rotatable bonds is 6. The van der Waals surface area contributed by atoms with Gasteiger partial charge in [0, 0.05) is 17.5 Å². The molecule has 0 bridgehead atoms. The molecule has 24 heavy (non-hydrogen) atoms. The zero-order chi connectivity index (χ0) is 17.5. The van der Waals surface area contributed by atoms with Gasteiger partial charge in [0.2, 0.25) is 0 Å². The van der Waals surface area contributed by atoms with Gasteiger partial charge in [0.05, 0.1) is 14.2 Å². The molecule has 2 aromatic carbocycles. The SMILES string of the molecule is COc1ccc(/C=C/C(=O)OCc2cc(N)cc(N)c2)cc1OC. The lowest BCUT2D eigenvalue weighted by molar-refractivity contribution is -0.138. The third-order valence-electron chi connectivity index (χ3n) is 3.24. The van der Waals surface area contributed by atoms with Crippen LogP contribution in [0.3, 0.4) is 0 Å². The standard InChI is InChI=1S/C18H20N2O4/c1-22-16-5-3-12(9-17(16)23-2)4-6-18(21)24-11-13-7-14(19)10-15(20)8-13/h3-10H,11,19-20H2,1-2H3/b6-4+. The summed E-state index contributed by atoms with van der Waals surface area (Å²) in [5.41, 5.74) is 14.0. The quantitative estimate of drug-likeness (QED) is 0.481. The number of hydrogen-bond acceptors (Lipinski definition) is 6. The highest BCUT2D eigenvalue weighted by Gasteiger charge is 2.04. The van der Waals surface area contributed by atoms with Crippen molar-refractivity contribution >= 4 is 23.4 Å². The first-order chi connectivity index (χ1) is 11.5. The number of esters is 1. The first-order valence-corrected chi connectivity index (χ1v) is 7.23. The number of anilines is 2. The van der Waals surface area contributed by atoms with E-state index in [0.717, 1.165) is 11.1 Å². The molecule has 0 saturated heterocycles. The van der Waals surface area contributed by atoms with Crippen LogP contribution in [0.5, 0.6) is 11.5 Å². The minimum absolute atomic E-state index is 0.102. The molecule has 0 fully saturated rings. The zero-order valence-electron chi connectivity index (χ0n) is 13.6. The molecule has 4 N–H and O–H groups in total. The first kappa shape index (κ1) is 17.2. The van der Waals surface area contributed by atoms with Gasteiger partial charge in [-0.25, -0.2) is 4.79 Å². The molecule has 0 amide bonds. The Morgan fingerprint density at radius 2 is 1.67 bits per heavy atom. The number of nitrogen functional groups attached to an aromatic ring is 2. The lowest BCUT2D eigenvalue weighted by Gasteiger charge is -2.07. The Kier molecular flexibility index (Phi) is 5.68. The maximum absolute atomic E-state index is 11.8. The summed E-state index contributed by atoms with van der Waals surface area (Å²) in [6, 6.07) is 10.4. The van der Waals surface area contributed by atoms with Crippen molar-refractivity contribution in [3.63, 3.8) is 0 Å². The van der Waals surface area contributed by atoms with Gasteiger partial charge in [0.15, 0.2) is 11.5 Å². The highest BCUT2D eigenvalue weighted by molar-refractivity contribution is 5.87. The Bertz CT molecular complexity index is 736. The van der Waals surface area contributed by atoms with Crippen LogP contribution in [-0.4, -0.2) is 20.2 Å². The summed E-state index contributed by atoms with van der Waals surface area (Å²) in [5, 5.41) is 0. The summed E-state index contributed by atoms with van der Waals surface area (Å²) in [5.74, 6) is 0.741. The Morgan fingerprint density at radius 1 is 1.00 bits per heavy atom. The van der Waals surface area contributed by atoms with Crippen LogP contribution in [-0.2, 0) is 16.1 Å². The number of nitrogens with two attached hydrogens (primary N) is 2. The van der Waals surface area contributed by atoms with Crippen LogP contribution in [0.1, 0.15) is 11.1 Å². The molecular formula is C18H20N2O4. The number of benzene rings is 2. The highest BCUT2D eigenvalue weighted by atomic mass is 16.5. The van der Waals surface area contributed by atoms with Crippen LogP contribution < -0.4 is 20.9 Å². The van der Waals surface area contributed by atoms with Gasteiger partial charge in [0.25, 0.3) is 0 Å². The molecule has 0 radical (unpaired) electrons. The molecule has 2 aromatic rings. The van der Waals surface area contributed by atoms with E-state index < -0.39 is 5.97 Å². The molecule has 126 valence electrons. The molecule has 0 aliphatic carbocycles. The van der Waals surface area contributed by atoms with Crippen LogP contribution in [0.15, 0.2) is 42.5 Å². The van der Waals surface area contributed by atoms with Crippen LogP contribution in [0, 0.1) is 0 Å². The molecule has 0 aromatic heterocycles. The number of carbonyl (C=O) groups excluding carboxylic acids is 1. The predicted molar refractivity (Wildman–Crippen MR) is 93.6 cm³/mol. The second-order valence-corrected chi connectivity index (χ2v) is 5.06. The largest absolute Gasteiger partial charge is 0.493 e. The maximum atomic E-state index is 11.8. The second kappa shape index (κ2) is 7.92. The van der Waals surface area contributed by atoms with Gasteiger partial charge in [-0.1, -0.05) is 6.07 Å². The van der Waals surface area contributed by atoms with Crippen molar-refractivity contribution in [2.75, 3.05) is 25.7 Å². The molecule has 0 saturated carbocycles. The molecule has 0 atom stereocenters. The van der Waals surface area contributed by atoms with Crippen molar-refractivity contribution in [2.24, 2.45) is 0 Å². The fourth-order valence-electron chi connectivity index (χ4n) is 2.15. The fraction of sp³-hybridized carbons (Fsp3) is 0.167. The molecule has 0 unspecified atom stereocenters. The van der Waals surface area contributed by atoms with Crippen molar-refractivity contribution < 1.29 is 19.0 Å². The fourth-order valence-corrected chi connectivity index (χ4v) is 2.15. The third-order valence-corrected chi connectivity index (χ3v) is 3.24. The van der Waals surface area contributed by atoms with E-state index in [-0.39, 0.29) is 6.61 Å². The highest BCUT2D eigenvalue weighted by Crippen LogP contribution is 2.27. The summed E-state index contributed by atoms with van der Waals surface area (Å²) in [6.07, 6.45) is 2.98. The Balaban J connectivity index is 1.97. The normalized spacial score (nSPS) is 10.6. The Morgan fingerprint density at radius 3 is 2.29 bits per heavy atom. The van der Waals surface area contributed by atoms with Crippen molar-refractivity contribution in [1.82, 2.24) is 0 Å². The molecule has 6 heteroatoms. The van der Waals surface area contributed by atoms with Gasteiger partial charge in [0.1, 0.15) is 6.61 Å². The van der Waals surface area contributed by atoms with E-state index in [0.29, 0.717) is 22.9 Å². The minimum atomic E-state index is -0.467. The lowest BCUT2D eigenvalue weighted by Crippen LogP contribution is -2.02. The second-order valence-electron chi connectivity index (χ2n) is 5.06. The van der Waals surface area contributed by atoms with Gasteiger partial charge in [-0.2, -0.15) is 0 Å². The van der Waals surface area contributed by atoms with E-state index in [2.05, 4.69) is 0 Å². The summed E-state index contributed by atoms with van der Waals surface area (Å²) in [4.78, 5) is 11.8. The zero-order valence-corrected chi connectivity index (χ0v) is 13.6. The van der Waals surface area contributed by atoms with Crippen LogP contribution >= 0.6 is 0 Å². The predicted octanol–water partition coefficient (Wildman–Crippen LogP) is 2.62. The third kappa shape index (κ3) is 4.67. The van der Waals surface area contributed by atoms with Crippen LogP contribution in [0.2, 0.25) is 0 Å². The van der Waals surface area contributed by atoms with Gasteiger partial charge in [-0.15, -0.1) is 0 Å². The van der Waals surface area contributed by atoms with E-state index in [1.54, 1.807) is 50.6 Å². The molecule has 0 heterocycles. The number of carbonyl (C=O) groups is 1. The summed E-state index contributed by atoms with van der Waals surface area (Å²) >= 11 is 0. The van der Waals surface area contributed by atoms with Gasteiger partial charge in [-0.3, -0.25) is 0 Å². The van der Waals surface area contributed by atoms with Gasteiger partial charge < -0.3 is 25.7 Å².